The van der Waals surface area contributed by atoms with E-state index in [2.05, 4.69) is 34.7 Å². The predicted molar refractivity (Wildman–Crippen MR) is 64.8 cm³/mol. The molecule has 82 valence electrons. The van der Waals surface area contributed by atoms with E-state index in [9.17, 15) is 0 Å². The van der Waals surface area contributed by atoms with Crippen LogP contribution in [0, 0.1) is 17.8 Å². The van der Waals surface area contributed by atoms with Gasteiger partial charge in [0.2, 0.25) is 0 Å². The van der Waals surface area contributed by atoms with Crippen LogP contribution < -0.4 is 0 Å². The number of fused-ring (bicyclic) bond motifs is 1. The molecule has 0 N–H and O–H groups in total. The molecule has 0 amide bonds. The highest BCUT2D eigenvalue weighted by molar-refractivity contribution is 9.09. The highest BCUT2D eigenvalue weighted by atomic mass is 79.9. The van der Waals surface area contributed by atoms with Crippen LogP contribution in [0.25, 0.3) is 0 Å². The van der Waals surface area contributed by atoms with Crippen LogP contribution in [0.4, 0.5) is 0 Å². The van der Waals surface area contributed by atoms with Gasteiger partial charge in [-0.1, -0.05) is 29.8 Å². The zero-order chi connectivity index (χ0) is 10.1. The van der Waals surface area contributed by atoms with Gasteiger partial charge in [-0.15, -0.1) is 0 Å². The Morgan fingerprint density at radius 2 is 1.93 bits per heavy atom. The van der Waals surface area contributed by atoms with Crippen molar-refractivity contribution in [3.05, 3.63) is 0 Å². The second-order valence-electron chi connectivity index (χ2n) is 5.54. The molecule has 0 spiro atoms. The molecule has 3 unspecified atom stereocenters. The lowest BCUT2D eigenvalue weighted by molar-refractivity contribution is 0.284. The molecule has 1 aliphatic heterocycles. The first-order chi connectivity index (χ1) is 6.65. The van der Waals surface area contributed by atoms with Gasteiger partial charge >= 0.3 is 0 Å². The van der Waals surface area contributed by atoms with E-state index in [0.717, 1.165) is 22.6 Å². The monoisotopic (exact) mass is 259 g/mol. The van der Waals surface area contributed by atoms with Crippen LogP contribution in [0.15, 0.2) is 0 Å². The Bertz CT molecular complexity index is 193. The van der Waals surface area contributed by atoms with Gasteiger partial charge in [0.25, 0.3) is 0 Å². The second kappa shape index (κ2) is 4.52. The molecule has 0 radical (unpaired) electrons. The van der Waals surface area contributed by atoms with Crippen molar-refractivity contribution >= 4 is 15.9 Å². The normalized spacial score (nSPS) is 39.0. The molecular formula is C12H22BrN. The second-order valence-corrected chi connectivity index (χ2v) is 6.84. The van der Waals surface area contributed by atoms with Crippen LogP contribution in [-0.4, -0.2) is 29.4 Å². The fraction of sp³-hybridized carbons (Fsp3) is 1.00. The summed E-state index contributed by atoms with van der Waals surface area (Å²) in [6, 6.07) is 0. The van der Waals surface area contributed by atoms with Gasteiger partial charge in [0, 0.05) is 24.5 Å². The van der Waals surface area contributed by atoms with Gasteiger partial charge in [0.05, 0.1) is 0 Å². The van der Waals surface area contributed by atoms with Gasteiger partial charge in [0.15, 0.2) is 0 Å². The molecule has 0 aromatic carbocycles. The minimum Gasteiger partial charge on any atom is -0.303 e. The summed E-state index contributed by atoms with van der Waals surface area (Å²) in [6.07, 6.45) is 4.27. The number of halogens is 1. The molecule has 1 aliphatic carbocycles. The molecule has 2 rings (SSSR count). The van der Waals surface area contributed by atoms with E-state index in [1.54, 1.807) is 0 Å². The summed E-state index contributed by atoms with van der Waals surface area (Å²) in [5, 5.41) is 0. The third kappa shape index (κ3) is 2.52. The van der Waals surface area contributed by atoms with E-state index >= 15 is 0 Å². The fourth-order valence-electron chi connectivity index (χ4n) is 3.14. The highest BCUT2D eigenvalue weighted by Crippen LogP contribution is 2.38. The van der Waals surface area contributed by atoms with Crippen LogP contribution in [0.3, 0.4) is 0 Å². The smallest absolute Gasteiger partial charge is 0.0149 e. The van der Waals surface area contributed by atoms with Gasteiger partial charge in [-0.3, -0.25) is 0 Å². The average Bonchev–Trinajstić information content (AvgIpc) is 2.44. The zero-order valence-electron chi connectivity index (χ0n) is 9.38. The number of alkyl halides is 1. The summed E-state index contributed by atoms with van der Waals surface area (Å²) in [7, 11) is 0. The Kier molecular flexibility index (Phi) is 3.54. The van der Waals surface area contributed by atoms with Gasteiger partial charge in [-0.25, -0.2) is 0 Å². The fourth-order valence-corrected chi connectivity index (χ4v) is 3.88. The van der Waals surface area contributed by atoms with Crippen molar-refractivity contribution in [2.45, 2.75) is 37.9 Å². The molecule has 0 bridgehead atoms. The number of hydrogen-bond acceptors (Lipinski definition) is 1. The molecule has 14 heavy (non-hydrogen) atoms. The molecule has 2 aliphatic rings. The van der Waals surface area contributed by atoms with Crippen LogP contribution in [0.1, 0.15) is 33.1 Å². The molecule has 1 nitrogen and oxygen atoms in total. The third-order valence-electron chi connectivity index (χ3n) is 3.68. The maximum atomic E-state index is 3.78. The van der Waals surface area contributed by atoms with Gasteiger partial charge in [-0.05, 0) is 37.0 Å². The first kappa shape index (κ1) is 10.9. The zero-order valence-corrected chi connectivity index (χ0v) is 11.0. The highest BCUT2D eigenvalue weighted by Gasteiger charge is 2.36. The summed E-state index contributed by atoms with van der Waals surface area (Å²) in [5.74, 6) is 2.84. The molecule has 1 heterocycles. The number of likely N-dealkylation sites (tertiary alicyclic amines) is 1. The standard InChI is InChI=1S/C12H22BrN/c1-9(2)6-14-7-10-3-4-12(13)5-11(10)8-14/h9-12H,3-8H2,1-2H3. The Morgan fingerprint density at radius 1 is 1.21 bits per heavy atom. The molecule has 0 aromatic heterocycles. The van der Waals surface area contributed by atoms with Gasteiger partial charge in [0.1, 0.15) is 0 Å². The topological polar surface area (TPSA) is 3.24 Å². The van der Waals surface area contributed by atoms with E-state index in [1.165, 1.54) is 38.9 Å². The first-order valence-corrected chi connectivity index (χ1v) is 6.93. The first-order valence-electron chi connectivity index (χ1n) is 6.01. The van der Waals surface area contributed by atoms with Crippen molar-refractivity contribution in [1.82, 2.24) is 4.90 Å². The molecule has 1 saturated carbocycles. The molecule has 1 saturated heterocycles. The Balaban J connectivity index is 1.86. The van der Waals surface area contributed by atoms with E-state index in [-0.39, 0.29) is 0 Å². The Hall–Kier alpha value is 0.440. The van der Waals surface area contributed by atoms with Crippen LogP contribution in [0.5, 0.6) is 0 Å². The maximum absolute atomic E-state index is 3.78. The Labute approximate surface area is 96.4 Å². The molecule has 3 atom stereocenters. The Morgan fingerprint density at radius 3 is 2.64 bits per heavy atom. The number of rotatable bonds is 2. The average molecular weight is 260 g/mol. The van der Waals surface area contributed by atoms with Crippen LogP contribution in [-0.2, 0) is 0 Å². The van der Waals surface area contributed by atoms with Crippen molar-refractivity contribution in [3.63, 3.8) is 0 Å². The minimum absolute atomic E-state index is 0.808. The van der Waals surface area contributed by atoms with Crippen LogP contribution in [0.2, 0.25) is 0 Å². The lowest BCUT2D eigenvalue weighted by Gasteiger charge is -2.27. The van der Waals surface area contributed by atoms with Crippen molar-refractivity contribution < 1.29 is 0 Å². The van der Waals surface area contributed by atoms with Crippen molar-refractivity contribution in [2.24, 2.45) is 17.8 Å². The van der Waals surface area contributed by atoms with E-state index in [1.807, 2.05) is 0 Å². The summed E-state index contributed by atoms with van der Waals surface area (Å²) in [4.78, 5) is 3.49. The van der Waals surface area contributed by atoms with Crippen LogP contribution >= 0.6 is 15.9 Å². The molecule has 0 aromatic rings. The van der Waals surface area contributed by atoms with E-state index in [4.69, 9.17) is 0 Å². The summed E-state index contributed by atoms with van der Waals surface area (Å²) in [5.41, 5.74) is 0. The van der Waals surface area contributed by atoms with Crippen molar-refractivity contribution in [1.29, 1.82) is 0 Å². The maximum Gasteiger partial charge on any atom is 0.0149 e. The number of nitrogens with zero attached hydrogens (tertiary/aromatic N) is 1. The lowest BCUT2D eigenvalue weighted by Crippen LogP contribution is -2.25. The molecular weight excluding hydrogens is 238 g/mol. The number of hydrogen-bond donors (Lipinski definition) is 0. The lowest BCUT2D eigenvalue weighted by atomic mass is 9.82. The van der Waals surface area contributed by atoms with Gasteiger partial charge < -0.3 is 4.90 Å². The minimum atomic E-state index is 0.808. The van der Waals surface area contributed by atoms with Crippen molar-refractivity contribution in [2.75, 3.05) is 19.6 Å². The largest absolute Gasteiger partial charge is 0.303 e. The predicted octanol–water partition coefficient (Wildman–Crippen LogP) is 3.14. The molecule has 2 fully saturated rings. The van der Waals surface area contributed by atoms with E-state index in [0.29, 0.717) is 0 Å². The summed E-state index contributed by atoms with van der Waals surface area (Å²) >= 11 is 3.78. The third-order valence-corrected chi connectivity index (χ3v) is 4.52. The van der Waals surface area contributed by atoms with E-state index < -0.39 is 0 Å². The van der Waals surface area contributed by atoms with Crippen molar-refractivity contribution in [3.8, 4) is 0 Å². The quantitative estimate of drug-likeness (QED) is 0.689. The van der Waals surface area contributed by atoms with Gasteiger partial charge in [-0.2, -0.15) is 0 Å². The summed E-state index contributed by atoms with van der Waals surface area (Å²) in [6.45, 7) is 8.71. The summed E-state index contributed by atoms with van der Waals surface area (Å²) < 4.78 is 0. The molecule has 2 heteroatoms. The SMILES string of the molecule is CC(C)CN1CC2CCC(Br)CC2C1.